The molecule has 0 aliphatic rings. The zero-order valence-corrected chi connectivity index (χ0v) is 16.6. The van der Waals surface area contributed by atoms with Gasteiger partial charge in [0.25, 0.3) is 5.56 Å². The maximum absolute atomic E-state index is 12.7. The van der Waals surface area contributed by atoms with Crippen LogP contribution in [0, 0.1) is 34.6 Å². The normalized spacial score (nSPS) is 11.1. The number of rotatable bonds is 4. The Kier molecular flexibility index (Phi) is 4.96. The summed E-state index contributed by atoms with van der Waals surface area (Å²) in [4.78, 5) is 31.3. The zero-order chi connectivity index (χ0) is 19.0. The number of aromatic nitrogens is 2. The number of nitrogens with zero attached hydrogens (tertiary/aromatic N) is 2. The first kappa shape index (κ1) is 18.3. The second-order valence-electron chi connectivity index (χ2n) is 6.78. The van der Waals surface area contributed by atoms with Crippen molar-refractivity contribution in [3.8, 4) is 0 Å². The molecule has 0 aliphatic carbocycles. The summed E-state index contributed by atoms with van der Waals surface area (Å²) >= 11 is 1.53. The summed E-state index contributed by atoms with van der Waals surface area (Å²) in [6.07, 6.45) is 1.76. The van der Waals surface area contributed by atoms with Gasteiger partial charge in [-0.25, -0.2) is 4.98 Å². The smallest absolute Gasteiger partial charge is 0.262 e. The molecule has 5 nitrogen and oxygen atoms in total. The third-order valence-corrected chi connectivity index (χ3v) is 5.79. The Morgan fingerprint density at radius 2 is 1.81 bits per heavy atom. The van der Waals surface area contributed by atoms with Crippen molar-refractivity contribution in [1.82, 2.24) is 9.55 Å². The van der Waals surface area contributed by atoms with Crippen molar-refractivity contribution < 1.29 is 4.79 Å². The van der Waals surface area contributed by atoms with Crippen molar-refractivity contribution in [2.75, 3.05) is 5.32 Å². The number of carbonyl (C=O) groups is 1. The van der Waals surface area contributed by atoms with Crippen LogP contribution < -0.4 is 10.9 Å². The van der Waals surface area contributed by atoms with Crippen molar-refractivity contribution in [3.63, 3.8) is 0 Å². The lowest BCUT2D eigenvalue weighted by Gasteiger charge is -2.13. The van der Waals surface area contributed by atoms with Crippen LogP contribution in [-0.2, 0) is 11.3 Å². The minimum Gasteiger partial charge on any atom is -0.326 e. The minimum absolute atomic E-state index is 0.0765. The number of carbonyl (C=O) groups excluding carboxylic acids is 1. The van der Waals surface area contributed by atoms with Crippen molar-refractivity contribution in [1.29, 1.82) is 0 Å². The van der Waals surface area contributed by atoms with Crippen molar-refractivity contribution >= 4 is 33.1 Å². The van der Waals surface area contributed by atoms with Crippen molar-refractivity contribution in [3.05, 3.63) is 55.9 Å². The van der Waals surface area contributed by atoms with E-state index in [-0.39, 0.29) is 17.9 Å². The summed E-state index contributed by atoms with van der Waals surface area (Å²) in [6.45, 7) is 10.3. The van der Waals surface area contributed by atoms with Crippen LogP contribution >= 0.6 is 11.3 Å². The first-order valence-electron chi connectivity index (χ1n) is 8.60. The molecule has 6 heteroatoms. The molecule has 1 N–H and O–H groups in total. The summed E-state index contributed by atoms with van der Waals surface area (Å²) in [5.74, 6) is -0.106. The molecule has 3 rings (SSSR count). The highest BCUT2D eigenvalue weighted by molar-refractivity contribution is 7.18. The molecule has 0 saturated heterocycles. The van der Waals surface area contributed by atoms with Crippen LogP contribution in [0.2, 0.25) is 0 Å². The van der Waals surface area contributed by atoms with E-state index in [2.05, 4.69) is 10.3 Å². The molecule has 26 heavy (non-hydrogen) atoms. The number of anilines is 1. The fraction of sp³-hybridized carbons (Fsp3) is 0.350. The largest absolute Gasteiger partial charge is 0.326 e. The van der Waals surface area contributed by atoms with E-state index in [1.807, 2.05) is 46.8 Å². The number of benzene rings is 1. The highest BCUT2D eigenvalue weighted by atomic mass is 32.1. The summed E-state index contributed by atoms with van der Waals surface area (Å²) in [5.41, 5.74) is 5.01. The first-order valence-corrected chi connectivity index (χ1v) is 9.42. The predicted octanol–water partition coefficient (Wildman–Crippen LogP) is 4.03. The Hall–Kier alpha value is -2.47. The van der Waals surface area contributed by atoms with Gasteiger partial charge in [-0.1, -0.05) is 17.7 Å². The van der Waals surface area contributed by atoms with Gasteiger partial charge in [-0.2, -0.15) is 0 Å². The number of thiophene rings is 1. The summed E-state index contributed by atoms with van der Waals surface area (Å²) in [7, 11) is 0. The molecular weight excluding hydrogens is 346 g/mol. The lowest BCUT2D eigenvalue weighted by molar-refractivity contribution is -0.116. The summed E-state index contributed by atoms with van der Waals surface area (Å²) in [5, 5.41) is 3.64. The van der Waals surface area contributed by atoms with Gasteiger partial charge in [0.05, 0.1) is 11.7 Å². The van der Waals surface area contributed by atoms with E-state index < -0.39 is 0 Å². The zero-order valence-electron chi connectivity index (χ0n) is 15.8. The third-order valence-electron chi connectivity index (χ3n) is 4.68. The van der Waals surface area contributed by atoms with Gasteiger partial charge in [-0.3, -0.25) is 14.2 Å². The van der Waals surface area contributed by atoms with Crippen LogP contribution in [-0.4, -0.2) is 15.5 Å². The second kappa shape index (κ2) is 7.03. The Morgan fingerprint density at radius 1 is 1.15 bits per heavy atom. The van der Waals surface area contributed by atoms with Crippen LogP contribution in [0.3, 0.4) is 0 Å². The Bertz CT molecular complexity index is 1040. The minimum atomic E-state index is -0.106. The maximum Gasteiger partial charge on any atom is 0.262 e. The van der Waals surface area contributed by atoms with Gasteiger partial charge in [0.1, 0.15) is 4.83 Å². The number of amides is 1. The molecule has 136 valence electrons. The predicted molar refractivity (Wildman–Crippen MR) is 107 cm³/mol. The standard InChI is InChI=1S/C20H23N3O2S/c1-11-8-12(2)18(13(3)9-11)22-16(24)6-7-23-10-21-19-17(20(23)25)14(4)15(5)26-19/h8-10H,6-7H2,1-5H3,(H,22,24). The molecule has 0 radical (unpaired) electrons. The first-order chi connectivity index (χ1) is 12.3. The average molecular weight is 369 g/mol. The van der Waals surface area contributed by atoms with Gasteiger partial charge in [-0.05, 0) is 51.3 Å². The van der Waals surface area contributed by atoms with E-state index in [4.69, 9.17) is 0 Å². The molecule has 0 atom stereocenters. The third kappa shape index (κ3) is 3.42. The average Bonchev–Trinajstić information content (AvgIpc) is 2.85. The van der Waals surface area contributed by atoms with Crippen LogP contribution in [0.4, 0.5) is 5.69 Å². The van der Waals surface area contributed by atoms with Crippen LogP contribution in [0.15, 0.2) is 23.3 Å². The number of hydrogen-bond donors (Lipinski definition) is 1. The Morgan fingerprint density at radius 3 is 2.46 bits per heavy atom. The van der Waals surface area contributed by atoms with Crippen LogP contribution in [0.1, 0.15) is 33.6 Å². The van der Waals surface area contributed by atoms with Gasteiger partial charge < -0.3 is 5.32 Å². The molecule has 0 aliphatic heterocycles. The molecule has 2 aromatic heterocycles. The van der Waals surface area contributed by atoms with Gasteiger partial charge >= 0.3 is 0 Å². The van der Waals surface area contributed by atoms with E-state index >= 15 is 0 Å². The molecule has 2 heterocycles. The topological polar surface area (TPSA) is 64.0 Å². The van der Waals surface area contributed by atoms with Crippen LogP contribution in [0.25, 0.3) is 10.2 Å². The van der Waals surface area contributed by atoms with Crippen molar-refractivity contribution in [2.24, 2.45) is 0 Å². The van der Waals surface area contributed by atoms with Crippen LogP contribution in [0.5, 0.6) is 0 Å². The Balaban J connectivity index is 1.76. The lowest BCUT2D eigenvalue weighted by Crippen LogP contribution is -2.24. The van der Waals surface area contributed by atoms with E-state index in [9.17, 15) is 9.59 Å². The van der Waals surface area contributed by atoms with E-state index in [1.165, 1.54) is 27.8 Å². The van der Waals surface area contributed by atoms with Gasteiger partial charge in [0.15, 0.2) is 0 Å². The summed E-state index contributed by atoms with van der Waals surface area (Å²) in [6, 6.07) is 4.10. The number of aryl methyl sites for hydroxylation is 6. The molecule has 0 bridgehead atoms. The molecule has 3 aromatic rings. The molecule has 1 amide bonds. The SMILES string of the molecule is Cc1cc(C)c(NC(=O)CCn2cnc3sc(C)c(C)c3c2=O)c(C)c1. The summed E-state index contributed by atoms with van der Waals surface area (Å²) < 4.78 is 1.52. The van der Waals surface area contributed by atoms with E-state index in [0.29, 0.717) is 11.9 Å². The number of hydrogen-bond acceptors (Lipinski definition) is 4. The van der Waals surface area contributed by atoms with E-state index in [0.717, 1.165) is 32.1 Å². The quantitative estimate of drug-likeness (QED) is 0.755. The molecule has 0 fully saturated rings. The van der Waals surface area contributed by atoms with Gasteiger partial charge in [0.2, 0.25) is 5.91 Å². The monoisotopic (exact) mass is 369 g/mol. The Labute approximate surface area is 156 Å². The fourth-order valence-corrected chi connectivity index (χ4v) is 4.22. The van der Waals surface area contributed by atoms with E-state index in [1.54, 1.807) is 0 Å². The maximum atomic E-state index is 12.7. The molecule has 0 spiro atoms. The van der Waals surface area contributed by atoms with Gasteiger partial charge in [-0.15, -0.1) is 11.3 Å². The number of fused-ring (bicyclic) bond motifs is 1. The molecule has 0 saturated carbocycles. The van der Waals surface area contributed by atoms with Gasteiger partial charge in [0, 0.05) is 23.5 Å². The number of nitrogens with one attached hydrogen (secondary N) is 1. The fourth-order valence-electron chi connectivity index (χ4n) is 3.23. The second-order valence-corrected chi connectivity index (χ2v) is 7.98. The highest BCUT2D eigenvalue weighted by Gasteiger charge is 2.13. The molecule has 0 unspecified atom stereocenters. The molecular formula is C20H23N3O2S. The highest BCUT2D eigenvalue weighted by Crippen LogP contribution is 2.25. The van der Waals surface area contributed by atoms with Crippen molar-refractivity contribution in [2.45, 2.75) is 47.6 Å². The molecule has 1 aromatic carbocycles. The lowest BCUT2D eigenvalue weighted by atomic mass is 10.1.